The first-order valence-corrected chi connectivity index (χ1v) is 10.9. The van der Waals surface area contributed by atoms with E-state index in [1.165, 1.54) is 6.07 Å². The summed E-state index contributed by atoms with van der Waals surface area (Å²) < 4.78 is 39.6. The van der Waals surface area contributed by atoms with Crippen LogP contribution in [0.4, 0.5) is 20.2 Å². The van der Waals surface area contributed by atoms with Gasteiger partial charge in [-0.2, -0.15) is 0 Å². The predicted molar refractivity (Wildman–Crippen MR) is 116 cm³/mol. The molecule has 2 aromatic rings. The van der Waals surface area contributed by atoms with E-state index in [2.05, 4.69) is 45.0 Å². The highest BCUT2D eigenvalue weighted by Gasteiger charge is 2.45. The summed E-state index contributed by atoms with van der Waals surface area (Å²) in [7, 11) is 0. The van der Waals surface area contributed by atoms with Gasteiger partial charge in [-0.25, -0.2) is 18.6 Å². The molecule has 1 unspecified atom stereocenters. The van der Waals surface area contributed by atoms with E-state index in [4.69, 9.17) is 9.47 Å². The third kappa shape index (κ3) is 4.13. The van der Waals surface area contributed by atoms with Gasteiger partial charge in [0, 0.05) is 11.8 Å². The van der Waals surface area contributed by atoms with Crippen LogP contribution in [0.5, 0.6) is 0 Å². The van der Waals surface area contributed by atoms with Gasteiger partial charge in [-0.3, -0.25) is 0 Å². The third-order valence-electron chi connectivity index (χ3n) is 5.79. The lowest BCUT2D eigenvalue weighted by Gasteiger charge is -2.38. The van der Waals surface area contributed by atoms with Crippen molar-refractivity contribution in [3.8, 4) is 0 Å². The molecule has 9 heteroatoms. The molecule has 1 aromatic carbocycles. The predicted octanol–water partition coefficient (Wildman–Crippen LogP) is 4.52. The molecule has 0 amide bonds. The van der Waals surface area contributed by atoms with Crippen molar-refractivity contribution >= 4 is 33.3 Å². The van der Waals surface area contributed by atoms with Crippen LogP contribution in [0.3, 0.4) is 0 Å². The number of fused-ring (bicyclic) bond motifs is 1. The largest absolute Gasteiger partial charge is 0.461 e. The summed E-state index contributed by atoms with van der Waals surface area (Å²) in [5, 5.41) is 3.36. The monoisotopic (exact) mass is 495 g/mol. The molecule has 0 aliphatic carbocycles. The van der Waals surface area contributed by atoms with Crippen molar-refractivity contribution in [3.63, 3.8) is 0 Å². The van der Waals surface area contributed by atoms with Gasteiger partial charge in [-0.15, -0.1) is 0 Å². The molecule has 2 aliphatic heterocycles. The Morgan fingerprint density at radius 1 is 1.35 bits per heavy atom. The van der Waals surface area contributed by atoms with Gasteiger partial charge in [0.2, 0.25) is 0 Å². The van der Waals surface area contributed by atoms with Gasteiger partial charge in [0.25, 0.3) is 0 Å². The zero-order chi connectivity index (χ0) is 22.3. The van der Waals surface area contributed by atoms with Crippen molar-refractivity contribution < 1.29 is 23.0 Å². The number of anilines is 2. The molecule has 3 heterocycles. The van der Waals surface area contributed by atoms with Crippen molar-refractivity contribution in [2.24, 2.45) is 5.41 Å². The van der Waals surface area contributed by atoms with Crippen LogP contribution in [-0.4, -0.2) is 43.0 Å². The van der Waals surface area contributed by atoms with E-state index in [1.807, 2.05) is 0 Å². The number of aromatic nitrogens is 1. The molecule has 4 rings (SSSR count). The number of esters is 1. The molecular weight excluding hydrogens is 472 g/mol. The van der Waals surface area contributed by atoms with Crippen molar-refractivity contribution in [2.45, 2.75) is 39.4 Å². The van der Waals surface area contributed by atoms with Gasteiger partial charge in [0.1, 0.15) is 17.8 Å². The van der Waals surface area contributed by atoms with E-state index >= 15 is 0 Å². The van der Waals surface area contributed by atoms with Gasteiger partial charge in [-0.1, -0.05) is 13.8 Å². The van der Waals surface area contributed by atoms with E-state index in [9.17, 15) is 13.6 Å². The fourth-order valence-electron chi connectivity index (χ4n) is 4.18. The van der Waals surface area contributed by atoms with E-state index in [1.54, 1.807) is 19.2 Å². The van der Waals surface area contributed by atoms with E-state index in [0.29, 0.717) is 13.2 Å². The first kappa shape index (κ1) is 22.0. The van der Waals surface area contributed by atoms with Gasteiger partial charge in [0.15, 0.2) is 5.69 Å². The number of hydrogen-bond acceptors (Lipinski definition) is 6. The average Bonchev–Trinajstić information content (AvgIpc) is 3.23. The Bertz CT molecular complexity index is 1020. The Labute approximate surface area is 188 Å². The second-order valence-electron chi connectivity index (χ2n) is 8.46. The fraction of sp³-hybridized carbons (Fsp3) is 0.455. The number of carbonyl (C=O) groups is 1. The number of nitrogens with zero attached hydrogens (tertiary/aromatic N) is 2. The molecular formula is C22H24BrF2N3O3. The number of pyridine rings is 1. The highest BCUT2D eigenvalue weighted by Crippen LogP contribution is 2.43. The second-order valence-corrected chi connectivity index (χ2v) is 9.31. The Kier molecular flexibility index (Phi) is 5.91. The molecule has 166 valence electrons. The molecule has 0 saturated carbocycles. The summed E-state index contributed by atoms with van der Waals surface area (Å²) in [5.41, 5.74) is 1.76. The van der Waals surface area contributed by atoms with Crippen LogP contribution in [0, 0.1) is 17.0 Å². The lowest BCUT2D eigenvalue weighted by Crippen LogP contribution is -2.51. The molecule has 2 atom stereocenters. The standard InChI is InChI=1S/C22H24BrF2N3O3/c1-4-31-21(29)16-8-18-17(9-26-16)27-20(28(18)19-10-30-11-22(19,2)3)6-12-5-15(25)13(23)7-14(12)24/h5,7-9,19-20,27H,4,6,10-11H2,1-3H3/t19-,20?/m1/s1. The second kappa shape index (κ2) is 8.35. The van der Waals surface area contributed by atoms with Crippen LogP contribution < -0.4 is 10.2 Å². The van der Waals surface area contributed by atoms with Gasteiger partial charge in [-0.05, 0) is 46.6 Å². The zero-order valence-corrected chi connectivity index (χ0v) is 19.1. The molecule has 1 fully saturated rings. The topological polar surface area (TPSA) is 63.7 Å². The van der Waals surface area contributed by atoms with Crippen molar-refractivity contribution in [1.82, 2.24) is 4.98 Å². The van der Waals surface area contributed by atoms with Crippen LogP contribution in [0.15, 0.2) is 28.9 Å². The Morgan fingerprint density at radius 3 is 2.81 bits per heavy atom. The molecule has 0 bridgehead atoms. The number of benzene rings is 1. The van der Waals surface area contributed by atoms with E-state index in [-0.39, 0.29) is 46.4 Å². The smallest absolute Gasteiger partial charge is 0.356 e. The van der Waals surface area contributed by atoms with Crippen LogP contribution >= 0.6 is 15.9 Å². The normalized spacial score (nSPS) is 21.7. The number of hydrogen-bond donors (Lipinski definition) is 1. The summed E-state index contributed by atoms with van der Waals surface area (Å²) in [5.74, 6) is -1.51. The zero-order valence-electron chi connectivity index (χ0n) is 17.5. The highest BCUT2D eigenvalue weighted by molar-refractivity contribution is 9.10. The number of carbonyl (C=O) groups excluding carboxylic acids is 1. The summed E-state index contributed by atoms with van der Waals surface area (Å²) >= 11 is 3.02. The number of rotatable bonds is 5. The molecule has 2 aliphatic rings. The lowest BCUT2D eigenvalue weighted by molar-refractivity contribution is 0.0519. The summed E-state index contributed by atoms with van der Waals surface area (Å²) in [6, 6.07) is 4.00. The van der Waals surface area contributed by atoms with Crippen LogP contribution in [0.25, 0.3) is 0 Å². The Balaban J connectivity index is 1.73. The molecule has 31 heavy (non-hydrogen) atoms. The summed E-state index contributed by atoms with van der Waals surface area (Å²) in [6.07, 6.45) is 1.43. The third-order valence-corrected chi connectivity index (χ3v) is 6.40. The number of nitrogens with one attached hydrogen (secondary N) is 1. The average molecular weight is 496 g/mol. The first-order valence-electron chi connectivity index (χ1n) is 10.1. The maximum absolute atomic E-state index is 14.6. The Hall–Kier alpha value is -2.26. The van der Waals surface area contributed by atoms with Crippen LogP contribution in [0.2, 0.25) is 0 Å². The van der Waals surface area contributed by atoms with Gasteiger partial charge in [0.05, 0.1) is 47.9 Å². The molecule has 0 spiro atoms. The first-order chi connectivity index (χ1) is 14.7. The summed E-state index contributed by atoms with van der Waals surface area (Å²) in [4.78, 5) is 18.6. The SMILES string of the molecule is CCOC(=O)c1cc2c(cn1)NC(Cc1cc(F)c(Br)cc1F)N2[C@@H]1COCC1(C)C. The maximum Gasteiger partial charge on any atom is 0.356 e. The maximum atomic E-state index is 14.6. The Morgan fingerprint density at radius 2 is 2.13 bits per heavy atom. The fourth-order valence-corrected chi connectivity index (χ4v) is 4.49. The molecule has 0 radical (unpaired) electrons. The van der Waals surface area contributed by atoms with E-state index < -0.39 is 17.6 Å². The minimum Gasteiger partial charge on any atom is -0.461 e. The highest BCUT2D eigenvalue weighted by atomic mass is 79.9. The summed E-state index contributed by atoms with van der Waals surface area (Å²) in [6.45, 7) is 7.26. The van der Waals surface area contributed by atoms with Crippen molar-refractivity contribution in [1.29, 1.82) is 0 Å². The van der Waals surface area contributed by atoms with Crippen LogP contribution in [-0.2, 0) is 15.9 Å². The van der Waals surface area contributed by atoms with Gasteiger partial charge < -0.3 is 19.7 Å². The molecule has 6 nitrogen and oxygen atoms in total. The van der Waals surface area contributed by atoms with E-state index in [0.717, 1.165) is 17.4 Å². The lowest BCUT2D eigenvalue weighted by atomic mass is 9.86. The quantitative estimate of drug-likeness (QED) is 0.485. The van der Waals surface area contributed by atoms with Crippen molar-refractivity contribution in [3.05, 3.63) is 51.8 Å². The molecule has 1 N–H and O–H groups in total. The van der Waals surface area contributed by atoms with Crippen LogP contribution in [0.1, 0.15) is 36.8 Å². The van der Waals surface area contributed by atoms with Crippen molar-refractivity contribution in [2.75, 3.05) is 30.0 Å². The molecule has 1 saturated heterocycles. The molecule has 1 aromatic heterocycles. The number of halogens is 3. The minimum atomic E-state index is -0.519. The van der Waals surface area contributed by atoms with Gasteiger partial charge >= 0.3 is 5.97 Å². The number of ether oxygens (including phenoxy) is 2. The minimum absolute atomic E-state index is 0.0351.